The molecule has 2 aromatic rings. The van der Waals surface area contributed by atoms with Crippen molar-refractivity contribution in [3.8, 4) is 5.75 Å². The summed E-state index contributed by atoms with van der Waals surface area (Å²) in [5.41, 5.74) is 2.43. The van der Waals surface area contributed by atoms with Crippen LogP contribution in [0.15, 0.2) is 54.6 Å². The van der Waals surface area contributed by atoms with Crippen LogP contribution in [0.3, 0.4) is 0 Å². The summed E-state index contributed by atoms with van der Waals surface area (Å²) < 4.78 is 12.9. The first kappa shape index (κ1) is 32.9. The highest BCUT2D eigenvalue weighted by atomic mass is 16.7. The zero-order valence-corrected chi connectivity index (χ0v) is 25.6. The van der Waals surface area contributed by atoms with Crippen LogP contribution in [0.5, 0.6) is 5.75 Å². The van der Waals surface area contributed by atoms with Gasteiger partial charge in [-0.3, -0.25) is 0 Å². The highest BCUT2D eigenvalue weighted by Crippen LogP contribution is 2.25. The third-order valence-corrected chi connectivity index (χ3v) is 7.72. The summed E-state index contributed by atoms with van der Waals surface area (Å²) in [6.45, 7) is 7.19. The number of hydrogen-bond acceptors (Lipinski definition) is 3. The Balaban J connectivity index is 1.88. The molecule has 218 valence electrons. The second-order valence-electron chi connectivity index (χ2n) is 11.7. The fourth-order valence-corrected chi connectivity index (χ4v) is 5.36. The van der Waals surface area contributed by atoms with Gasteiger partial charge in [-0.25, -0.2) is 4.79 Å². The number of hydrogen-bond donors (Lipinski definition) is 0. The highest BCUT2D eigenvalue weighted by Gasteiger charge is 2.37. The Bertz CT molecular complexity index is 911. The molecule has 0 amide bonds. The number of rotatable bonds is 21. The number of unbranched alkanes of at least 4 members (excludes halogenated alkanes) is 9. The molecule has 0 aliphatic carbocycles. The lowest BCUT2D eigenvalue weighted by Gasteiger charge is -2.37. The summed E-state index contributed by atoms with van der Waals surface area (Å²) in [7, 11) is 4.25. The van der Waals surface area contributed by atoms with Crippen molar-refractivity contribution in [1.29, 1.82) is 0 Å². The molecule has 2 atom stereocenters. The topological polar surface area (TPSA) is 35.5 Å². The molecular weight excluding hydrogens is 482 g/mol. The summed E-state index contributed by atoms with van der Waals surface area (Å²) in [5.74, 6) is 0.676. The number of quaternary nitrogens is 1. The van der Waals surface area contributed by atoms with Crippen LogP contribution in [0.4, 0.5) is 0 Å². The van der Waals surface area contributed by atoms with Crippen molar-refractivity contribution in [2.45, 2.75) is 130 Å². The molecule has 0 aromatic heterocycles. The van der Waals surface area contributed by atoms with Crippen LogP contribution in [0.25, 0.3) is 0 Å². The van der Waals surface area contributed by atoms with Crippen LogP contribution >= 0.6 is 0 Å². The monoisotopic (exact) mass is 538 g/mol. The number of esters is 1. The van der Waals surface area contributed by atoms with E-state index in [1.807, 2.05) is 25.1 Å². The predicted molar refractivity (Wildman–Crippen MR) is 164 cm³/mol. The average molecular weight is 539 g/mol. The predicted octanol–water partition coefficient (Wildman–Crippen LogP) is 9.25. The lowest BCUT2D eigenvalue weighted by Crippen LogP contribution is -2.53. The standard InChI is InChI=1S/C35H56NO3/c1-6-9-10-11-12-13-14-15-16-20-26-31-27-21-22-28-33(31)38-34(8-3)39-35(37)32(23-7-2)36(4,5)29-30-24-18-17-19-25-30/h17-19,21-22,24-25,27-28,32,34H,6-16,20,23,26,29H2,1-5H3/q+1. The fraction of sp³-hybridized carbons (Fsp3) is 0.629. The average Bonchev–Trinajstić information content (AvgIpc) is 2.93. The number of aryl methyl sites for hydroxylation is 1. The zero-order valence-electron chi connectivity index (χ0n) is 25.6. The minimum absolute atomic E-state index is 0.170. The first-order chi connectivity index (χ1) is 18.9. The number of ether oxygens (including phenoxy) is 2. The fourth-order valence-electron chi connectivity index (χ4n) is 5.36. The lowest BCUT2D eigenvalue weighted by atomic mass is 10.0. The molecule has 2 aromatic carbocycles. The minimum Gasteiger partial charge on any atom is -0.455 e. The van der Waals surface area contributed by atoms with Crippen LogP contribution in [0.2, 0.25) is 0 Å². The van der Waals surface area contributed by atoms with Gasteiger partial charge in [-0.2, -0.15) is 0 Å². The van der Waals surface area contributed by atoms with E-state index in [0.29, 0.717) is 10.9 Å². The Morgan fingerprint density at radius 3 is 1.95 bits per heavy atom. The maximum Gasteiger partial charge on any atom is 0.368 e. The van der Waals surface area contributed by atoms with Crippen LogP contribution in [-0.4, -0.2) is 36.9 Å². The van der Waals surface area contributed by atoms with Gasteiger partial charge >= 0.3 is 5.97 Å². The highest BCUT2D eigenvalue weighted by molar-refractivity contribution is 5.74. The van der Waals surface area contributed by atoms with Crippen molar-refractivity contribution in [1.82, 2.24) is 0 Å². The van der Waals surface area contributed by atoms with Crippen LogP contribution < -0.4 is 4.74 Å². The van der Waals surface area contributed by atoms with E-state index < -0.39 is 6.29 Å². The molecule has 2 unspecified atom stereocenters. The van der Waals surface area contributed by atoms with E-state index in [9.17, 15) is 4.79 Å². The van der Waals surface area contributed by atoms with Gasteiger partial charge in [-0.15, -0.1) is 0 Å². The minimum atomic E-state index is -0.581. The van der Waals surface area contributed by atoms with Gasteiger partial charge < -0.3 is 14.0 Å². The summed E-state index contributed by atoms with van der Waals surface area (Å²) in [6.07, 6.45) is 16.0. The maximum absolute atomic E-state index is 13.5. The van der Waals surface area contributed by atoms with Crippen molar-refractivity contribution >= 4 is 5.97 Å². The van der Waals surface area contributed by atoms with E-state index in [1.165, 1.54) is 68.9 Å². The van der Waals surface area contributed by atoms with Crippen molar-refractivity contribution in [3.63, 3.8) is 0 Å². The van der Waals surface area contributed by atoms with Gasteiger partial charge in [0.25, 0.3) is 0 Å². The number of para-hydroxylation sites is 1. The number of carbonyl (C=O) groups excluding carboxylic acids is 1. The van der Waals surface area contributed by atoms with Gasteiger partial charge in [0.2, 0.25) is 6.29 Å². The number of likely N-dealkylation sites (N-methyl/N-ethyl adjacent to an activating group) is 1. The molecule has 0 saturated carbocycles. The van der Waals surface area contributed by atoms with Crippen molar-refractivity contribution in [3.05, 3.63) is 65.7 Å². The van der Waals surface area contributed by atoms with E-state index in [4.69, 9.17) is 9.47 Å². The lowest BCUT2D eigenvalue weighted by molar-refractivity contribution is -0.920. The maximum atomic E-state index is 13.5. The van der Waals surface area contributed by atoms with Gasteiger partial charge in [-0.05, 0) is 30.9 Å². The Kier molecular flexibility index (Phi) is 15.9. The Hall–Kier alpha value is -2.33. The van der Waals surface area contributed by atoms with Crippen molar-refractivity contribution in [2.75, 3.05) is 14.1 Å². The first-order valence-electron chi connectivity index (χ1n) is 15.7. The molecule has 0 spiro atoms. The number of carbonyl (C=O) groups is 1. The first-order valence-corrected chi connectivity index (χ1v) is 15.7. The smallest absolute Gasteiger partial charge is 0.368 e. The van der Waals surface area contributed by atoms with E-state index in [-0.39, 0.29) is 12.0 Å². The van der Waals surface area contributed by atoms with Crippen LogP contribution in [-0.2, 0) is 22.5 Å². The third-order valence-electron chi connectivity index (χ3n) is 7.72. The molecule has 39 heavy (non-hydrogen) atoms. The molecule has 0 bridgehead atoms. The summed E-state index contributed by atoms with van der Waals surface area (Å²) in [4.78, 5) is 13.5. The van der Waals surface area contributed by atoms with Gasteiger partial charge in [0.05, 0.1) is 14.1 Å². The molecule has 0 saturated heterocycles. The van der Waals surface area contributed by atoms with Crippen LogP contribution in [0.1, 0.15) is 115 Å². The quantitative estimate of drug-likeness (QED) is 0.0687. The molecule has 0 aliphatic rings. The van der Waals surface area contributed by atoms with Gasteiger partial charge in [0.1, 0.15) is 12.3 Å². The largest absolute Gasteiger partial charge is 0.455 e. The van der Waals surface area contributed by atoms with E-state index in [1.54, 1.807) is 0 Å². The zero-order chi connectivity index (χ0) is 28.3. The van der Waals surface area contributed by atoms with E-state index in [2.05, 4.69) is 64.3 Å². The summed E-state index contributed by atoms with van der Waals surface area (Å²) in [6, 6.07) is 18.4. The summed E-state index contributed by atoms with van der Waals surface area (Å²) >= 11 is 0. The summed E-state index contributed by atoms with van der Waals surface area (Å²) in [5, 5.41) is 0. The van der Waals surface area contributed by atoms with E-state index in [0.717, 1.165) is 38.0 Å². The molecule has 0 heterocycles. The normalized spacial score (nSPS) is 13.2. The molecule has 0 fully saturated rings. The van der Waals surface area contributed by atoms with Gasteiger partial charge in [-0.1, -0.05) is 127 Å². The molecule has 0 N–H and O–H groups in total. The molecular formula is C35H56NO3+. The third kappa shape index (κ3) is 12.6. The van der Waals surface area contributed by atoms with Gasteiger partial charge in [0.15, 0.2) is 6.04 Å². The molecule has 4 heteroatoms. The van der Waals surface area contributed by atoms with Crippen LogP contribution in [0, 0.1) is 0 Å². The second-order valence-corrected chi connectivity index (χ2v) is 11.7. The Morgan fingerprint density at radius 1 is 0.744 bits per heavy atom. The number of benzene rings is 2. The number of nitrogens with zero attached hydrogens (tertiary/aromatic N) is 1. The molecule has 2 rings (SSSR count). The SMILES string of the molecule is CCCCCCCCCCCCc1ccccc1OC(CC)OC(=O)C(CCC)[N+](C)(C)Cc1ccccc1. The van der Waals surface area contributed by atoms with Crippen molar-refractivity contribution in [2.24, 2.45) is 0 Å². The molecule has 4 nitrogen and oxygen atoms in total. The molecule has 0 radical (unpaired) electrons. The van der Waals surface area contributed by atoms with Gasteiger partial charge in [0, 0.05) is 18.4 Å². The van der Waals surface area contributed by atoms with Crippen molar-refractivity contribution < 1.29 is 18.8 Å². The Morgan fingerprint density at radius 2 is 1.33 bits per heavy atom. The second kappa shape index (κ2) is 18.9. The molecule has 0 aliphatic heterocycles. The Labute approximate surface area is 239 Å². The van der Waals surface area contributed by atoms with E-state index >= 15 is 0 Å².